The number of benzene rings is 1. The van der Waals surface area contributed by atoms with Gasteiger partial charge in [0.15, 0.2) is 5.13 Å². The Labute approximate surface area is 187 Å². The zero-order valence-corrected chi connectivity index (χ0v) is 18.8. The van der Waals surface area contributed by atoms with Gasteiger partial charge in [-0.1, -0.05) is 19.1 Å². The van der Waals surface area contributed by atoms with Crippen molar-refractivity contribution in [1.82, 2.24) is 14.8 Å². The van der Waals surface area contributed by atoms with E-state index in [9.17, 15) is 9.59 Å². The van der Waals surface area contributed by atoms with E-state index in [0.29, 0.717) is 29.9 Å². The lowest BCUT2D eigenvalue weighted by atomic mass is 9.95. The van der Waals surface area contributed by atoms with E-state index >= 15 is 0 Å². The van der Waals surface area contributed by atoms with E-state index < -0.39 is 0 Å². The fourth-order valence-electron chi connectivity index (χ4n) is 4.39. The predicted octanol–water partition coefficient (Wildman–Crippen LogP) is 3.56. The summed E-state index contributed by atoms with van der Waals surface area (Å²) in [6, 6.07) is 7.92. The van der Waals surface area contributed by atoms with Crippen LogP contribution in [0, 0.1) is 0 Å². The van der Waals surface area contributed by atoms with Crippen LogP contribution in [0.15, 0.2) is 35.8 Å². The second kappa shape index (κ2) is 10.3. The highest BCUT2D eigenvalue weighted by Crippen LogP contribution is 2.31. The molecule has 2 atom stereocenters. The Balaban J connectivity index is 1.36. The van der Waals surface area contributed by atoms with Crippen LogP contribution in [0.4, 0.5) is 5.13 Å². The lowest BCUT2D eigenvalue weighted by Crippen LogP contribution is -2.46. The Bertz CT molecular complexity index is 865. The summed E-state index contributed by atoms with van der Waals surface area (Å²) in [5, 5.41) is 5.22. The van der Waals surface area contributed by atoms with Crippen molar-refractivity contribution in [2.45, 2.75) is 44.8 Å². The summed E-state index contributed by atoms with van der Waals surface area (Å²) in [6.45, 7) is 5.94. The molecule has 2 aliphatic rings. The van der Waals surface area contributed by atoms with Crippen molar-refractivity contribution >= 4 is 28.3 Å². The summed E-state index contributed by atoms with van der Waals surface area (Å²) in [4.78, 5) is 33.4. The number of hydrogen-bond acceptors (Lipinski definition) is 6. The molecule has 0 unspecified atom stereocenters. The van der Waals surface area contributed by atoms with Gasteiger partial charge in [0.05, 0.1) is 12.6 Å². The first-order valence-electron chi connectivity index (χ1n) is 11.1. The number of hydrogen-bond donors (Lipinski definition) is 1. The minimum absolute atomic E-state index is 0.0224. The van der Waals surface area contributed by atoms with Crippen LogP contribution in [0.1, 0.15) is 54.6 Å². The molecule has 1 N–H and O–H groups in total. The fraction of sp³-hybridized carbons (Fsp3) is 0.522. The molecule has 2 aliphatic heterocycles. The van der Waals surface area contributed by atoms with Gasteiger partial charge in [-0.2, -0.15) is 0 Å². The molecular formula is C23H30N4O3S. The van der Waals surface area contributed by atoms with Gasteiger partial charge in [-0.25, -0.2) is 4.98 Å². The van der Waals surface area contributed by atoms with Crippen molar-refractivity contribution in [3.63, 3.8) is 0 Å². The fourth-order valence-corrected chi connectivity index (χ4v) is 4.91. The molecule has 8 heteroatoms. The van der Waals surface area contributed by atoms with E-state index in [2.05, 4.69) is 22.1 Å². The van der Waals surface area contributed by atoms with Crippen molar-refractivity contribution in [2.24, 2.45) is 0 Å². The van der Waals surface area contributed by atoms with Crippen LogP contribution in [-0.2, 0) is 9.53 Å². The average molecular weight is 443 g/mol. The standard InChI is InChI=1S/C23H30N4O3S/c1-2-26(16-21(28)27-11-3-4-12-27)19-9-13-30-20(15-19)17-5-7-18(8-6-17)22(29)25-23-24-10-14-31-23/h5-8,10,14,19-20H,2-4,9,11-13,15-16H2,1H3,(H,24,25,29)/t19-,20+/m1/s1. The Morgan fingerprint density at radius 3 is 2.71 bits per heavy atom. The third-order valence-corrected chi connectivity index (χ3v) is 6.86. The molecule has 0 spiro atoms. The first kappa shape index (κ1) is 21.9. The Hall–Kier alpha value is -2.29. The van der Waals surface area contributed by atoms with E-state index in [1.807, 2.05) is 34.5 Å². The molecule has 4 rings (SSSR count). The first-order chi connectivity index (χ1) is 15.1. The number of rotatable bonds is 7. The van der Waals surface area contributed by atoms with Gasteiger partial charge in [0.25, 0.3) is 5.91 Å². The van der Waals surface area contributed by atoms with Gasteiger partial charge in [0.2, 0.25) is 5.91 Å². The molecule has 7 nitrogen and oxygen atoms in total. The zero-order valence-electron chi connectivity index (χ0n) is 18.0. The monoisotopic (exact) mass is 442 g/mol. The number of likely N-dealkylation sites (tertiary alicyclic amines) is 1. The maximum atomic E-state index is 12.6. The summed E-state index contributed by atoms with van der Waals surface area (Å²) in [7, 11) is 0. The molecular weight excluding hydrogens is 412 g/mol. The van der Waals surface area contributed by atoms with E-state index in [4.69, 9.17) is 4.74 Å². The van der Waals surface area contributed by atoms with Crippen LogP contribution in [0.25, 0.3) is 0 Å². The van der Waals surface area contributed by atoms with Gasteiger partial charge in [-0.05, 0) is 49.9 Å². The first-order valence-corrected chi connectivity index (χ1v) is 12.0. The highest BCUT2D eigenvalue weighted by atomic mass is 32.1. The second-order valence-corrected chi connectivity index (χ2v) is 9.00. The number of carbonyl (C=O) groups is 2. The normalized spacial score (nSPS) is 21.4. The van der Waals surface area contributed by atoms with Crippen molar-refractivity contribution < 1.29 is 14.3 Å². The van der Waals surface area contributed by atoms with Gasteiger partial charge < -0.3 is 9.64 Å². The van der Waals surface area contributed by atoms with E-state index in [-0.39, 0.29) is 17.9 Å². The molecule has 31 heavy (non-hydrogen) atoms. The van der Waals surface area contributed by atoms with Crippen molar-refractivity contribution in [2.75, 3.05) is 38.1 Å². The quantitative estimate of drug-likeness (QED) is 0.710. The van der Waals surface area contributed by atoms with Crippen LogP contribution in [0.5, 0.6) is 0 Å². The number of likely N-dealkylation sites (N-methyl/N-ethyl adjacent to an activating group) is 1. The molecule has 2 fully saturated rings. The lowest BCUT2D eigenvalue weighted by Gasteiger charge is -2.37. The van der Waals surface area contributed by atoms with Crippen molar-refractivity contribution in [1.29, 1.82) is 0 Å². The topological polar surface area (TPSA) is 74.8 Å². The van der Waals surface area contributed by atoms with Gasteiger partial charge in [0, 0.05) is 42.9 Å². The molecule has 2 saturated heterocycles. The van der Waals surface area contributed by atoms with Crippen molar-refractivity contribution in [3.8, 4) is 0 Å². The summed E-state index contributed by atoms with van der Waals surface area (Å²) in [5.74, 6) is 0.0829. The Morgan fingerprint density at radius 2 is 2.03 bits per heavy atom. The predicted molar refractivity (Wildman–Crippen MR) is 121 cm³/mol. The molecule has 1 aromatic carbocycles. The average Bonchev–Trinajstić information content (AvgIpc) is 3.52. The van der Waals surface area contributed by atoms with Crippen molar-refractivity contribution in [3.05, 3.63) is 47.0 Å². The van der Waals surface area contributed by atoms with E-state index in [1.54, 1.807) is 6.20 Å². The largest absolute Gasteiger partial charge is 0.373 e. The third-order valence-electron chi connectivity index (χ3n) is 6.17. The van der Waals surface area contributed by atoms with Crippen LogP contribution in [0.3, 0.4) is 0 Å². The number of anilines is 1. The maximum Gasteiger partial charge on any atom is 0.257 e. The molecule has 0 saturated carbocycles. The van der Waals surface area contributed by atoms with Gasteiger partial charge in [-0.15, -0.1) is 11.3 Å². The summed E-state index contributed by atoms with van der Waals surface area (Å²) in [5.41, 5.74) is 1.66. The van der Waals surface area contributed by atoms with Crippen LogP contribution >= 0.6 is 11.3 Å². The minimum Gasteiger partial charge on any atom is -0.373 e. The van der Waals surface area contributed by atoms with Gasteiger partial charge in [-0.3, -0.25) is 19.8 Å². The van der Waals surface area contributed by atoms with Gasteiger partial charge >= 0.3 is 0 Å². The number of thiazole rings is 1. The molecule has 0 radical (unpaired) electrons. The number of carbonyl (C=O) groups excluding carboxylic acids is 2. The summed E-state index contributed by atoms with van der Waals surface area (Å²) in [6.07, 6.45) is 5.67. The Morgan fingerprint density at radius 1 is 1.26 bits per heavy atom. The molecule has 0 bridgehead atoms. The summed E-state index contributed by atoms with van der Waals surface area (Å²) >= 11 is 1.39. The number of nitrogens with zero attached hydrogens (tertiary/aromatic N) is 3. The molecule has 166 valence electrons. The zero-order chi connectivity index (χ0) is 21.6. The minimum atomic E-state index is -0.165. The maximum absolute atomic E-state index is 12.6. The second-order valence-electron chi connectivity index (χ2n) is 8.10. The molecule has 3 heterocycles. The lowest BCUT2D eigenvalue weighted by molar-refractivity contribution is -0.132. The SMILES string of the molecule is CCN(CC(=O)N1CCCC1)[C@@H]1CCO[C@H](c2ccc(C(=O)Nc3nccs3)cc2)C1. The molecule has 2 aromatic rings. The van der Waals surface area contributed by atoms with Crippen LogP contribution < -0.4 is 5.32 Å². The van der Waals surface area contributed by atoms with Crippen LogP contribution in [-0.4, -0.2) is 65.4 Å². The number of amides is 2. The highest BCUT2D eigenvalue weighted by Gasteiger charge is 2.30. The highest BCUT2D eigenvalue weighted by molar-refractivity contribution is 7.13. The van der Waals surface area contributed by atoms with E-state index in [1.165, 1.54) is 11.3 Å². The molecule has 1 aromatic heterocycles. The van der Waals surface area contributed by atoms with E-state index in [0.717, 1.165) is 50.9 Å². The molecule has 2 amide bonds. The number of nitrogens with one attached hydrogen (secondary N) is 1. The number of ether oxygens (including phenoxy) is 1. The smallest absolute Gasteiger partial charge is 0.257 e. The van der Waals surface area contributed by atoms with Gasteiger partial charge in [0.1, 0.15) is 0 Å². The van der Waals surface area contributed by atoms with Crippen LogP contribution in [0.2, 0.25) is 0 Å². The summed E-state index contributed by atoms with van der Waals surface area (Å²) < 4.78 is 6.05. The Kier molecular flexibility index (Phi) is 7.32. The number of aromatic nitrogens is 1. The third kappa shape index (κ3) is 5.50. The molecule has 0 aliphatic carbocycles.